The number of benzene rings is 2. The zero-order valence-corrected chi connectivity index (χ0v) is 16.2. The topological polar surface area (TPSA) is 59.9 Å². The van der Waals surface area contributed by atoms with Crippen LogP contribution >= 0.6 is 15.9 Å². The van der Waals surface area contributed by atoms with E-state index in [2.05, 4.69) is 32.4 Å². The van der Waals surface area contributed by atoms with E-state index in [4.69, 9.17) is 15.9 Å². The molecular weight excluding hydrogens is 396 g/mol. The van der Waals surface area contributed by atoms with Crippen molar-refractivity contribution in [1.82, 2.24) is 5.43 Å². The molecule has 1 N–H and O–H groups in total. The molecule has 0 aromatic heterocycles. The third-order valence-corrected chi connectivity index (χ3v) is 3.99. The van der Waals surface area contributed by atoms with Crippen molar-refractivity contribution in [2.75, 3.05) is 13.2 Å². The lowest BCUT2D eigenvalue weighted by Crippen LogP contribution is -2.18. The first-order valence-corrected chi connectivity index (χ1v) is 8.77. The summed E-state index contributed by atoms with van der Waals surface area (Å²) in [5, 5.41) is 4.02. The van der Waals surface area contributed by atoms with Crippen molar-refractivity contribution >= 4 is 28.1 Å². The molecule has 2 rings (SSSR count). The first-order chi connectivity index (χ1) is 12.6. The van der Waals surface area contributed by atoms with Gasteiger partial charge in [0.15, 0.2) is 11.5 Å². The van der Waals surface area contributed by atoms with Crippen LogP contribution in [0.25, 0.3) is 0 Å². The van der Waals surface area contributed by atoms with Crippen LogP contribution in [0.1, 0.15) is 28.4 Å². The summed E-state index contributed by atoms with van der Waals surface area (Å²) in [5.41, 5.74) is 4.73. The van der Waals surface area contributed by atoms with E-state index in [1.165, 1.54) is 6.21 Å². The van der Waals surface area contributed by atoms with Gasteiger partial charge >= 0.3 is 0 Å². The average Bonchev–Trinajstić information content (AvgIpc) is 2.61. The van der Waals surface area contributed by atoms with Gasteiger partial charge < -0.3 is 9.47 Å². The molecule has 2 aromatic rings. The van der Waals surface area contributed by atoms with E-state index >= 15 is 0 Å². The Labute approximate surface area is 161 Å². The Bertz CT molecular complexity index is 857. The van der Waals surface area contributed by atoms with Crippen LogP contribution < -0.4 is 14.9 Å². The maximum absolute atomic E-state index is 12.2. The Hall–Kier alpha value is -2.78. The van der Waals surface area contributed by atoms with Crippen molar-refractivity contribution < 1.29 is 14.3 Å². The van der Waals surface area contributed by atoms with Gasteiger partial charge in [-0.1, -0.05) is 24.1 Å². The van der Waals surface area contributed by atoms with Crippen molar-refractivity contribution in [3.05, 3.63) is 57.6 Å². The third kappa shape index (κ3) is 5.11. The normalized spacial score (nSPS) is 10.4. The molecule has 6 heteroatoms. The van der Waals surface area contributed by atoms with Crippen molar-refractivity contribution in [2.45, 2.75) is 13.8 Å². The van der Waals surface area contributed by atoms with Crippen molar-refractivity contribution in [3.63, 3.8) is 0 Å². The van der Waals surface area contributed by atoms with Gasteiger partial charge in [0, 0.05) is 5.56 Å². The Balaban J connectivity index is 2.16. The highest BCUT2D eigenvalue weighted by Crippen LogP contribution is 2.36. The molecule has 0 aliphatic heterocycles. The van der Waals surface area contributed by atoms with Crippen LogP contribution in [-0.2, 0) is 0 Å². The van der Waals surface area contributed by atoms with Crippen molar-refractivity contribution in [2.24, 2.45) is 5.10 Å². The third-order valence-electron chi connectivity index (χ3n) is 3.40. The lowest BCUT2D eigenvalue weighted by Gasteiger charge is -2.13. The van der Waals surface area contributed by atoms with Gasteiger partial charge in [-0.2, -0.15) is 5.10 Å². The van der Waals surface area contributed by atoms with Crippen LogP contribution in [0.4, 0.5) is 0 Å². The predicted molar refractivity (Wildman–Crippen MR) is 106 cm³/mol. The molecule has 0 saturated heterocycles. The standard InChI is InChI=1S/C20H19BrN2O3/c1-4-10-26-19-17(21)11-15(12-18(19)25-5-2)13-22-23-20(24)16-9-7-6-8-14(16)3/h1,6-9,11-13H,5,10H2,2-3H3,(H,23,24)/b22-13+. The van der Waals surface area contributed by atoms with Gasteiger partial charge in [0.25, 0.3) is 5.91 Å². The fourth-order valence-corrected chi connectivity index (χ4v) is 2.81. The molecule has 0 unspecified atom stereocenters. The maximum atomic E-state index is 12.2. The van der Waals surface area contributed by atoms with E-state index in [0.717, 1.165) is 11.1 Å². The molecule has 26 heavy (non-hydrogen) atoms. The minimum atomic E-state index is -0.266. The van der Waals surface area contributed by atoms with Crippen LogP contribution in [-0.4, -0.2) is 25.3 Å². The molecule has 0 bridgehead atoms. The number of amides is 1. The summed E-state index contributed by atoms with van der Waals surface area (Å²) >= 11 is 3.44. The van der Waals surface area contributed by atoms with E-state index in [1.54, 1.807) is 18.2 Å². The summed E-state index contributed by atoms with van der Waals surface area (Å²) in [7, 11) is 0. The number of ether oxygens (including phenoxy) is 2. The second-order valence-corrected chi connectivity index (χ2v) is 6.12. The molecular formula is C20H19BrN2O3. The second-order valence-electron chi connectivity index (χ2n) is 5.27. The van der Waals surface area contributed by atoms with Crippen LogP contribution in [0.15, 0.2) is 46.0 Å². The quantitative estimate of drug-likeness (QED) is 0.424. The Morgan fingerprint density at radius 3 is 2.81 bits per heavy atom. The molecule has 0 spiro atoms. The number of terminal acetylenes is 1. The number of hydrogen-bond donors (Lipinski definition) is 1. The van der Waals surface area contributed by atoms with Crippen LogP contribution in [0.2, 0.25) is 0 Å². The molecule has 0 heterocycles. The number of halogens is 1. The Morgan fingerprint density at radius 1 is 1.35 bits per heavy atom. The summed E-state index contributed by atoms with van der Waals surface area (Å²) in [6.45, 7) is 4.36. The van der Waals surface area contributed by atoms with Gasteiger partial charge in [-0.05, 0) is 59.1 Å². The van der Waals surface area contributed by atoms with Crippen LogP contribution in [0, 0.1) is 19.3 Å². The minimum absolute atomic E-state index is 0.137. The zero-order chi connectivity index (χ0) is 18.9. The number of carbonyl (C=O) groups excluding carboxylic acids is 1. The van der Waals surface area contributed by atoms with E-state index in [-0.39, 0.29) is 12.5 Å². The number of nitrogens with zero attached hydrogens (tertiary/aromatic N) is 1. The molecule has 0 atom stereocenters. The average molecular weight is 415 g/mol. The molecule has 0 saturated carbocycles. The molecule has 0 radical (unpaired) electrons. The summed E-state index contributed by atoms with van der Waals surface area (Å²) < 4.78 is 11.8. The van der Waals surface area contributed by atoms with Gasteiger partial charge in [-0.15, -0.1) is 6.42 Å². The largest absolute Gasteiger partial charge is 0.490 e. The van der Waals surface area contributed by atoms with Gasteiger partial charge in [0.1, 0.15) is 6.61 Å². The first kappa shape index (κ1) is 19.5. The summed E-state index contributed by atoms with van der Waals surface area (Å²) in [6, 6.07) is 10.9. The van der Waals surface area contributed by atoms with Gasteiger partial charge in [0.05, 0.1) is 17.3 Å². The number of hydrogen-bond acceptors (Lipinski definition) is 4. The monoisotopic (exact) mass is 414 g/mol. The number of carbonyl (C=O) groups is 1. The SMILES string of the molecule is C#CCOc1c(Br)cc(/C=N/NC(=O)c2ccccc2C)cc1OCC. The molecule has 5 nitrogen and oxygen atoms in total. The summed E-state index contributed by atoms with van der Waals surface area (Å²) in [6.07, 6.45) is 6.78. The van der Waals surface area contributed by atoms with Gasteiger partial charge in [-0.3, -0.25) is 4.79 Å². The highest BCUT2D eigenvalue weighted by molar-refractivity contribution is 9.10. The van der Waals surface area contributed by atoms with Crippen LogP contribution in [0.3, 0.4) is 0 Å². The Morgan fingerprint density at radius 2 is 2.12 bits per heavy atom. The van der Waals surface area contributed by atoms with Gasteiger partial charge in [0.2, 0.25) is 0 Å². The highest BCUT2D eigenvalue weighted by Gasteiger charge is 2.12. The molecule has 0 fully saturated rings. The molecule has 2 aromatic carbocycles. The number of aryl methyl sites for hydroxylation is 1. The van der Waals surface area contributed by atoms with E-state index in [1.807, 2.05) is 32.0 Å². The van der Waals surface area contributed by atoms with E-state index < -0.39 is 0 Å². The fourth-order valence-electron chi connectivity index (χ4n) is 2.23. The predicted octanol–water partition coefficient (Wildman–Crippen LogP) is 3.93. The molecule has 0 aliphatic rings. The first-order valence-electron chi connectivity index (χ1n) is 7.98. The zero-order valence-electron chi connectivity index (χ0n) is 14.6. The van der Waals surface area contributed by atoms with Crippen molar-refractivity contribution in [1.29, 1.82) is 0 Å². The molecule has 1 amide bonds. The lowest BCUT2D eigenvalue weighted by atomic mass is 10.1. The number of rotatable bonds is 7. The van der Waals surface area contributed by atoms with Gasteiger partial charge in [-0.25, -0.2) is 5.43 Å². The highest BCUT2D eigenvalue weighted by atomic mass is 79.9. The summed E-state index contributed by atoms with van der Waals surface area (Å²) in [5.74, 6) is 3.23. The van der Waals surface area contributed by atoms with E-state index in [0.29, 0.717) is 28.1 Å². The van der Waals surface area contributed by atoms with Crippen LogP contribution in [0.5, 0.6) is 11.5 Å². The molecule has 134 valence electrons. The summed E-state index contributed by atoms with van der Waals surface area (Å²) in [4.78, 5) is 12.2. The Kier molecular flexibility index (Phi) is 7.24. The molecule has 0 aliphatic carbocycles. The van der Waals surface area contributed by atoms with E-state index in [9.17, 15) is 4.79 Å². The maximum Gasteiger partial charge on any atom is 0.271 e. The smallest absolute Gasteiger partial charge is 0.271 e. The minimum Gasteiger partial charge on any atom is -0.490 e. The lowest BCUT2D eigenvalue weighted by molar-refractivity contribution is 0.0954. The number of nitrogens with one attached hydrogen (secondary N) is 1. The number of hydrazone groups is 1. The second kappa shape index (κ2) is 9.64. The fraction of sp³-hybridized carbons (Fsp3) is 0.200. The van der Waals surface area contributed by atoms with Crippen molar-refractivity contribution in [3.8, 4) is 23.8 Å².